The van der Waals surface area contributed by atoms with Gasteiger partial charge in [-0.25, -0.2) is 4.98 Å². The molecule has 0 fully saturated rings. The third kappa shape index (κ3) is 2.98. The Morgan fingerprint density at radius 3 is 2.58 bits per heavy atom. The van der Waals surface area contributed by atoms with Gasteiger partial charge >= 0.3 is 5.88 Å². The van der Waals surface area contributed by atoms with Crippen LogP contribution in [0, 0.1) is 10.1 Å². The van der Waals surface area contributed by atoms with E-state index in [4.69, 9.17) is 8.83 Å². The number of nitrogens with zero attached hydrogens (tertiary/aromatic N) is 2. The van der Waals surface area contributed by atoms with Crippen LogP contribution in [0.1, 0.15) is 37.2 Å². The summed E-state index contributed by atoms with van der Waals surface area (Å²) in [5, 5.41) is 13.2. The fourth-order valence-corrected chi connectivity index (χ4v) is 2.07. The molecular formula is C16H15N3O5. The fourth-order valence-electron chi connectivity index (χ4n) is 2.07. The third-order valence-electron chi connectivity index (χ3n) is 3.28. The Morgan fingerprint density at radius 2 is 1.96 bits per heavy atom. The molecule has 1 N–H and O–H groups in total. The Balaban J connectivity index is 1.84. The van der Waals surface area contributed by atoms with Crippen molar-refractivity contribution in [2.75, 3.05) is 5.32 Å². The van der Waals surface area contributed by atoms with E-state index in [9.17, 15) is 14.9 Å². The largest absolute Gasteiger partial charge is 0.440 e. The van der Waals surface area contributed by atoms with Crippen molar-refractivity contribution in [3.8, 4) is 0 Å². The van der Waals surface area contributed by atoms with Gasteiger partial charge in [0.15, 0.2) is 11.3 Å². The highest BCUT2D eigenvalue weighted by molar-refractivity contribution is 6.03. The second-order valence-electron chi connectivity index (χ2n) is 6.30. The first kappa shape index (κ1) is 15.7. The fraction of sp³-hybridized carbons (Fsp3) is 0.250. The topological polar surface area (TPSA) is 111 Å². The first-order valence-corrected chi connectivity index (χ1v) is 7.21. The van der Waals surface area contributed by atoms with Gasteiger partial charge < -0.3 is 14.2 Å². The molecular weight excluding hydrogens is 314 g/mol. The van der Waals surface area contributed by atoms with Crippen molar-refractivity contribution in [2.45, 2.75) is 26.2 Å². The summed E-state index contributed by atoms with van der Waals surface area (Å²) >= 11 is 0. The highest BCUT2D eigenvalue weighted by Crippen LogP contribution is 2.27. The van der Waals surface area contributed by atoms with Gasteiger partial charge in [-0.3, -0.25) is 14.9 Å². The standard InChI is InChI=1S/C16H15N3O5/c1-16(2,3)15-18-10-8-9(4-5-11(10)24-15)17-14(20)12-6-7-13(23-12)19(21)22/h4-8H,1-3H3,(H,17,20). The average molecular weight is 329 g/mol. The van der Waals surface area contributed by atoms with E-state index < -0.39 is 16.7 Å². The Labute approximate surface area is 136 Å². The first-order valence-electron chi connectivity index (χ1n) is 7.21. The van der Waals surface area contributed by atoms with Crippen LogP contribution in [0.3, 0.4) is 0 Å². The van der Waals surface area contributed by atoms with Crippen molar-refractivity contribution in [3.63, 3.8) is 0 Å². The number of benzene rings is 1. The number of hydrogen-bond donors (Lipinski definition) is 1. The van der Waals surface area contributed by atoms with Gasteiger partial charge in [-0.15, -0.1) is 0 Å². The Kier molecular flexibility index (Phi) is 3.59. The van der Waals surface area contributed by atoms with Gasteiger partial charge in [-0.1, -0.05) is 20.8 Å². The van der Waals surface area contributed by atoms with Crippen molar-refractivity contribution in [1.29, 1.82) is 0 Å². The van der Waals surface area contributed by atoms with Gasteiger partial charge in [0.2, 0.25) is 5.89 Å². The number of amides is 1. The van der Waals surface area contributed by atoms with Crippen molar-refractivity contribution in [1.82, 2.24) is 4.98 Å². The molecule has 0 spiro atoms. The Bertz CT molecular complexity index is 933. The maximum absolute atomic E-state index is 12.1. The van der Waals surface area contributed by atoms with E-state index >= 15 is 0 Å². The molecule has 1 amide bonds. The smallest absolute Gasteiger partial charge is 0.433 e. The van der Waals surface area contributed by atoms with E-state index in [1.165, 1.54) is 6.07 Å². The number of aromatic nitrogens is 1. The van der Waals surface area contributed by atoms with Crippen LogP contribution in [0.5, 0.6) is 0 Å². The van der Waals surface area contributed by atoms with E-state index in [1.54, 1.807) is 18.2 Å². The van der Waals surface area contributed by atoms with E-state index in [0.717, 1.165) is 6.07 Å². The normalized spacial score (nSPS) is 11.6. The number of hydrogen-bond acceptors (Lipinski definition) is 6. The van der Waals surface area contributed by atoms with Crippen LogP contribution >= 0.6 is 0 Å². The summed E-state index contributed by atoms with van der Waals surface area (Å²) in [5.74, 6) is -0.608. The van der Waals surface area contributed by atoms with E-state index in [-0.39, 0.29) is 11.2 Å². The van der Waals surface area contributed by atoms with Crippen LogP contribution in [0.15, 0.2) is 39.2 Å². The van der Waals surface area contributed by atoms with Crippen LogP contribution < -0.4 is 5.32 Å². The summed E-state index contributed by atoms with van der Waals surface area (Å²) < 4.78 is 10.6. The lowest BCUT2D eigenvalue weighted by Gasteiger charge is -2.11. The Morgan fingerprint density at radius 1 is 1.21 bits per heavy atom. The molecule has 0 aliphatic carbocycles. The molecule has 3 rings (SSSR count). The van der Waals surface area contributed by atoms with Crippen LogP contribution in [-0.2, 0) is 5.41 Å². The maximum atomic E-state index is 12.1. The van der Waals surface area contributed by atoms with Gasteiger partial charge in [-0.05, 0) is 24.3 Å². The molecule has 24 heavy (non-hydrogen) atoms. The van der Waals surface area contributed by atoms with Crippen molar-refractivity contribution in [3.05, 3.63) is 52.1 Å². The minimum atomic E-state index is -0.702. The zero-order valence-corrected chi connectivity index (χ0v) is 13.3. The molecule has 8 heteroatoms. The minimum Gasteiger partial charge on any atom is -0.440 e. The van der Waals surface area contributed by atoms with Gasteiger partial charge in [0.05, 0.1) is 6.07 Å². The van der Waals surface area contributed by atoms with Gasteiger partial charge in [-0.2, -0.15) is 0 Å². The number of carbonyl (C=O) groups is 1. The van der Waals surface area contributed by atoms with Gasteiger partial charge in [0.1, 0.15) is 10.4 Å². The molecule has 0 aliphatic heterocycles. The van der Waals surface area contributed by atoms with Crippen LogP contribution in [-0.4, -0.2) is 15.8 Å². The number of nitrogens with one attached hydrogen (secondary N) is 1. The number of fused-ring (bicyclic) bond motifs is 1. The number of carbonyl (C=O) groups excluding carboxylic acids is 1. The predicted octanol–water partition coefficient (Wildman–Crippen LogP) is 3.88. The maximum Gasteiger partial charge on any atom is 0.433 e. The second-order valence-corrected chi connectivity index (χ2v) is 6.30. The molecule has 0 bridgehead atoms. The number of rotatable bonds is 3. The molecule has 1 aromatic carbocycles. The van der Waals surface area contributed by atoms with E-state index in [1.807, 2.05) is 20.8 Å². The molecule has 0 unspecified atom stereocenters. The van der Waals surface area contributed by atoms with Crippen LogP contribution in [0.4, 0.5) is 11.6 Å². The highest BCUT2D eigenvalue weighted by Gasteiger charge is 2.21. The van der Waals surface area contributed by atoms with Gasteiger partial charge in [0, 0.05) is 11.1 Å². The number of oxazole rings is 1. The summed E-state index contributed by atoms with van der Waals surface area (Å²) in [5.41, 5.74) is 1.49. The first-order chi connectivity index (χ1) is 11.2. The lowest BCUT2D eigenvalue weighted by atomic mass is 9.97. The van der Waals surface area contributed by atoms with Crippen LogP contribution in [0.2, 0.25) is 0 Å². The minimum absolute atomic E-state index is 0.141. The molecule has 0 radical (unpaired) electrons. The summed E-state index contributed by atoms with van der Waals surface area (Å²) in [7, 11) is 0. The third-order valence-corrected chi connectivity index (χ3v) is 3.28. The molecule has 0 aliphatic rings. The molecule has 3 aromatic rings. The summed E-state index contributed by atoms with van der Waals surface area (Å²) in [6, 6.07) is 7.42. The van der Waals surface area contributed by atoms with Crippen LogP contribution in [0.25, 0.3) is 11.1 Å². The molecule has 0 saturated heterocycles. The lowest BCUT2D eigenvalue weighted by Crippen LogP contribution is -2.11. The average Bonchev–Trinajstić information content (AvgIpc) is 3.13. The molecule has 8 nitrogen and oxygen atoms in total. The summed E-state index contributed by atoms with van der Waals surface area (Å²) in [6.45, 7) is 5.97. The SMILES string of the molecule is CC(C)(C)c1nc2cc(NC(=O)c3ccc([N+](=O)[O-])o3)ccc2o1. The Hall–Kier alpha value is -3.16. The predicted molar refractivity (Wildman–Crippen MR) is 86.0 cm³/mol. The zero-order valence-electron chi connectivity index (χ0n) is 13.3. The molecule has 0 atom stereocenters. The second kappa shape index (κ2) is 5.48. The van der Waals surface area contributed by atoms with E-state index in [2.05, 4.69) is 10.3 Å². The summed E-state index contributed by atoms with van der Waals surface area (Å²) in [4.78, 5) is 26.4. The van der Waals surface area contributed by atoms with Gasteiger partial charge in [0.25, 0.3) is 5.91 Å². The zero-order chi connectivity index (χ0) is 17.5. The number of nitro groups is 1. The van der Waals surface area contributed by atoms with E-state index in [0.29, 0.717) is 22.7 Å². The number of furan rings is 1. The number of anilines is 1. The molecule has 2 aromatic heterocycles. The molecule has 0 saturated carbocycles. The highest BCUT2D eigenvalue weighted by atomic mass is 16.6. The molecule has 124 valence electrons. The lowest BCUT2D eigenvalue weighted by molar-refractivity contribution is -0.402. The van der Waals surface area contributed by atoms with Crippen molar-refractivity contribution < 1.29 is 18.6 Å². The van der Waals surface area contributed by atoms with Crippen molar-refractivity contribution >= 4 is 28.6 Å². The molecule has 2 heterocycles. The summed E-state index contributed by atoms with van der Waals surface area (Å²) in [6.07, 6.45) is 0. The van der Waals surface area contributed by atoms with Crippen molar-refractivity contribution in [2.24, 2.45) is 0 Å². The monoisotopic (exact) mass is 329 g/mol. The quantitative estimate of drug-likeness (QED) is 0.576.